The van der Waals surface area contributed by atoms with Gasteiger partial charge in [0.1, 0.15) is 5.75 Å². The molecule has 1 N–H and O–H groups in total. The minimum Gasteiger partial charge on any atom is -0.493 e. The van der Waals surface area contributed by atoms with E-state index in [-0.39, 0.29) is 17.7 Å². The standard InChI is InChI=1S/C33H45N5O4/c1-25(39)37-18-12-26(13-19-37)29-24-35-28(23-36-29)10-11-31(40)38-20-15-33(16-21-38)14-5-4-8-27-7-2-3-9-30(27)42-22-6-17-34-32(33)41/h2-3,7,9,23-24,26H,4-6,8,10-22H2,1H3,(H,34,41). The largest absolute Gasteiger partial charge is 0.493 e. The Kier molecular flexibility index (Phi) is 10.1. The van der Waals surface area contributed by atoms with Gasteiger partial charge in [-0.3, -0.25) is 24.4 Å². The molecular weight excluding hydrogens is 530 g/mol. The monoisotopic (exact) mass is 575 g/mol. The maximum Gasteiger partial charge on any atom is 0.226 e. The number of benzene rings is 1. The summed E-state index contributed by atoms with van der Waals surface area (Å²) in [6, 6.07) is 8.24. The molecule has 0 saturated carbocycles. The molecule has 3 aliphatic heterocycles. The summed E-state index contributed by atoms with van der Waals surface area (Å²) in [6.07, 6.45) is 12.3. The molecule has 2 fully saturated rings. The fourth-order valence-electron chi connectivity index (χ4n) is 6.64. The Bertz CT molecular complexity index is 1220. The van der Waals surface area contributed by atoms with Crippen molar-refractivity contribution >= 4 is 17.7 Å². The third-order valence-corrected chi connectivity index (χ3v) is 9.42. The lowest BCUT2D eigenvalue weighted by atomic mass is 9.73. The maximum absolute atomic E-state index is 13.4. The van der Waals surface area contributed by atoms with E-state index in [4.69, 9.17) is 4.74 Å². The molecular formula is C33H45N5O4. The van der Waals surface area contributed by atoms with Crippen molar-refractivity contribution in [1.82, 2.24) is 25.1 Å². The fourth-order valence-corrected chi connectivity index (χ4v) is 6.64. The normalized spacial score (nSPS) is 20.4. The minimum absolute atomic E-state index is 0.117. The average Bonchev–Trinajstić information content (AvgIpc) is 3.03. The van der Waals surface area contributed by atoms with E-state index in [1.807, 2.05) is 28.1 Å². The summed E-state index contributed by atoms with van der Waals surface area (Å²) in [5, 5.41) is 3.18. The second-order valence-electron chi connectivity index (χ2n) is 12.1. The van der Waals surface area contributed by atoms with Crippen LogP contribution in [0.25, 0.3) is 0 Å². The predicted molar refractivity (Wildman–Crippen MR) is 160 cm³/mol. The number of nitrogens with one attached hydrogen (secondary N) is 1. The third-order valence-electron chi connectivity index (χ3n) is 9.42. The van der Waals surface area contributed by atoms with Crippen LogP contribution < -0.4 is 10.1 Å². The first-order valence-electron chi connectivity index (χ1n) is 15.8. The SMILES string of the molecule is CC(=O)N1CCC(c2cnc(CCC(=O)N3CCC4(CCCCc5ccccc5OCCCNC4=O)CC3)cn2)CC1. The van der Waals surface area contributed by atoms with E-state index in [1.54, 1.807) is 13.1 Å². The van der Waals surface area contributed by atoms with Gasteiger partial charge in [0.15, 0.2) is 0 Å². The number of ether oxygens (including phenoxy) is 1. The highest BCUT2D eigenvalue weighted by Crippen LogP contribution is 2.38. The van der Waals surface area contributed by atoms with Crippen LogP contribution in [0, 0.1) is 5.41 Å². The lowest BCUT2D eigenvalue weighted by Crippen LogP contribution is -2.50. The molecule has 1 aromatic heterocycles. The predicted octanol–water partition coefficient (Wildman–Crippen LogP) is 4.06. The summed E-state index contributed by atoms with van der Waals surface area (Å²) in [6.45, 7) is 5.56. The van der Waals surface area contributed by atoms with Crippen molar-refractivity contribution in [3.8, 4) is 5.75 Å². The van der Waals surface area contributed by atoms with Gasteiger partial charge in [-0.25, -0.2) is 0 Å². The number of carbonyl (C=O) groups is 3. The van der Waals surface area contributed by atoms with Crippen LogP contribution in [0.3, 0.4) is 0 Å². The molecule has 0 bridgehead atoms. The van der Waals surface area contributed by atoms with Crippen LogP contribution in [-0.2, 0) is 27.2 Å². The van der Waals surface area contributed by atoms with Crippen LogP contribution in [0.2, 0.25) is 0 Å². The minimum atomic E-state index is -0.410. The number of rotatable bonds is 4. The molecule has 0 atom stereocenters. The van der Waals surface area contributed by atoms with Gasteiger partial charge < -0.3 is 19.9 Å². The molecule has 3 amide bonds. The van der Waals surface area contributed by atoms with Crippen molar-refractivity contribution < 1.29 is 19.1 Å². The smallest absolute Gasteiger partial charge is 0.226 e. The van der Waals surface area contributed by atoms with Gasteiger partial charge in [0, 0.05) is 64.4 Å². The van der Waals surface area contributed by atoms with Gasteiger partial charge in [-0.2, -0.15) is 0 Å². The van der Waals surface area contributed by atoms with Crippen molar-refractivity contribution in [2.75, 3.05) is 39.3 Å². The number of aryl methyl sites for hydroxylation is 2. The molecule has 2 saturated heterocycles. The third kappa shape index (κ3) is 7.47. The molecule has 2 aromatic rings. The van der Waals surface area contributed by atoms with E-state index in [9.17, 15) is 14.4 Å². The first kappa shape index (κ1) is 30.0. The molecule has 5 rings (SSSR count). The quantitative estimate of drug-likeness (QED) is 0.590. The fraction of sp³-hybridized carbons (Fsp3) is 0.606. The molecule has 4 heterocycles. The number of fused-ring (bicyclic) bond motifs is 1. The number of para-hydroxylation sites is 1. The molecule has 1 aromatic carbocycles. The number of nitrogens with zero attached hydrogens (tertiary/aromatic N) is 4. The summed E-state index contributed by atoms with van der Waals surface area (Å²) in [5.74, 6) is 1.66. The lowest BCUT2D eigenvalue weighted by Gasteiger charge is -2.41. The van der Waals surface area contributed by atoms with E-state index in [1.165, 1.54) is 5.56 Å². The Labute approximate surface area is 249 Å². The van der Waals surface area contributed by atoms with Gasteiger partial charge in [0.25, 0.3) is 0 Å². The Morgan fingerprint density at radius 2 is 1.76 bits per heavy atom. The van der Waals surface area contributed by atoms with Crippen molar-refractivity contribution in [2.45, 2.75) is 83.5 Å². The van der Waals surface area contributed by atoms with Gasteiger partial charge in [-0.1, -0.05) is 24.6 Å². The molecule has 0 unspecified atom stereocenters. The summed E-state index contributed by atoms with van der Waals surface area (Å²) in [7, 11) is 0. The summed E-state index contributed by atoms with van der Waals surface area (Å²) < 4.78 is 6.00. The molecule has 9 nitrogen and oxygen atoms in total. The average molecular weight is 576 g/mol. The molecule has 1 spiro atoms. The number of aromatic nitrogens is 2. The highest BCUT2D eigenvalue weighted by molar-refractivity contribution is 5.83. The number of carbonyl (C=O) groups excluding carboxylic acids is 3. The Balaban J connectivity index is 1.10. The van der Waals surface area contributed by atoms with Gasteiger partial charge in [0.05, 0.1) is 23.4 Å². The van der Waals surface area contributed by atoms with Crippen molar-refractivity contribution in [2.24, 2.45) is 5.41 Å². The van der Waals surface area contributed by atoms with Crippen LogP contribution >= 0.6 is 0 Å². The second kappa shape index (κ2) is 14.1. The van der Waals surface area contributed by atoms with Crippen molar-refractivity contribution in [1.29, 1.82) is 0 Å². The number of amides is 3. The number of piperidine rings is 2. The van der Waals surface area contributed by atoms with Gasteiger partial charge >= 0.3 is 0 Å². The van der Waals surface area contributed by atoms with E-state index >= 15 is 0 Å². The summed E-state index contributed by atoms with van der Waals surface area (Å²) in [5.41, 5.74) is 2.62. The zero-order valence-electron chi connectivity index (χ0n) is 25.0. The van der Waals surface area contributed by atoms with E-state index in [2.05, 4.69) is 27.4 Å². The Morgan fingerprint density at radius 1 is 0.976 bits per heavy atom. The van der Waals surface area contributed by atoms with Crippen LogP contribution in [0.15, 0.2) is 36.7 Å². The number of hydrogen-bond acceptors (Lipinski definition) is 6. The number of likely N-dealkylation sites (tertiary alicyclic amines) is 2. The first-order valence-corrected chi connectivity index (χ1v) is 15.8. The summed E-state index contributed by atoms with van der Waals surface area (Å²) >= 11 is 0. The summed E-state index contributed by atoms with van der Waals surface area (Å²) in [4.78, 5) is 51.2. The van der Waals surface area contributed by atoms with E-state index < -0.39 is 5.41 Å². The molecule has 9 heteroatoms. The number of hydrogen-bond donors (Lipinski definition) is 1. The van der Waals surface area contributed by atoms with E-state index in [0.717, 1.165) is 75.2 Å². The van der Waals surface area contributed by atoms with Gasteiger partial charge in [0.2, 0.25) is 17.7 Å². The van der Waals surface area contributed by atoms with Crippen LogP contribution in [0.4, 0.5) is 0 Å². The molecule has 226 valence electrons. The lowest BCUT2D eigenvalue weighted by molar-refractivity contribution is -0.141. The van der Waals surface area contributed by atoms with E-state index in [0.29, 0.717) is 57.8 Å². The van der Waals surface area contributed by atoms with Crippen LogP contribution in [-0.4, -0.2) is 76.8 Å². The molecule has 3 aliphatic rings. The Morgan fingerprint density at radius 3 is 2.50 bits per heavy atom. The molecule has 42 heavy (non-hydrogen) atoms. The molecule has 0 aliphatic carbocycles. The molecule has 0 radical (unpaired) electrons. The van der Waals surface area contributed by atoms with Crippen LogP contribution in [0.1, 0.15) is 87.6 Å². The topological polar surface area (TPSA) is 105 Å². The van der Waals surface area contributed by atoms with Crippen LogP contribution in [0.5, 0.6) is 5.75 Å². The maximum atomic E-state index is 13.4. The van der Waals surface area contributed by atoms with Crippen molar-refractivity contribution in [3.63, 3.8) is 0 Å². The second-order valence-corrected chi connectivity index (χ2v) is 12.1. The zero-order valence-corrected chi connectivity index (χ0v) is 25.0. The highest BCUT2D eigenvalue weighted by atomic mass is 16.5. The van der Waals surface area contributed by atoms with Gasteiger partial charge in [-0.15, -0.1) is 0 Å². The van der Waals surface area contributed by atoms with Gasteiger partial charge in [-0.05, 0) is 69.4 Å². The Hall–Kier alpha value is -3.49. The zero-order chi connectivity index (χ0) is 29.4. The van der Waals surface area contributed by atoms with Crippen molar-refractivity contribution in [3.05, 3.63) is 53.6 Å². The highest BCUT2D eigenvalue weighted by Gasteiger charge is 2.41. The first-order chi connectivity index (χ1) is 20.4.